The minimum absolute atomic E-state index is 0.0167. The van der Waals surface area contributed by atoms with Gasteiger partial charge >= 0.3 is 18.2 Å². The Kier molecular flexibility index (Phi) is 20.0. The van der Waals surface area contributed by atoms with Gasteiger partial charge in [-0.25, -0.2) is 9.59 Å². The molecule has 13 heteroatoms. The van der Waals surface area contributed by atoms with Crippen molar-refractivity contribution in [3.8, 4) is 6.07 Å². The molecular weight excluding hydrogens is 678 g/mol. The van der Waals surface area contributed by atoms with Gasteiger partial charge in [0.1, 0.15) is 13.2 Å². The van der Waals surface area contributed by atoms with Gasteiger partial charge in [0, 0.05) is 32.3 Å². The third-order valence-electron chi connectivity index (χ3n) is 8.65. The number of nitriles is 1. The molecule has 4 unspecified atom stereocenters. The number of hydrogen-bond donors (Lipinski definition) is 2. The quantitative estimate of drug-likeness (QED) is 0.192. The fraction of sp³-hybridized carbons (Fsp3) is 0.500. The summed E-state index contributed by atoms with van der Waals surface area (Å²) in [6.45, 7) is 11.1. The van der Waals surface area contributed by atoms with Crippen LogP contribution >= 0.6 is 0 Å². The fourth-order valence-corrected chi connectivity index (χ4v) is 6.11. The number of carbonyl (C=O) groups is 4. The Hall–Kier alpha value is -5.22. The zero-order chi connectivity index (χ0) is 39.2. The summed E-state index contributed by atoms with van der Waals surface area (Å²) >= 11 is 0. The highest BCUT2D eigenvalue weighted by Gasteiger charge is 2.38. The Balaban J connectivity index is 0.000000306. The maximum atomic E-state index is 12.6. The van der Waals surface area contributed by atoms with Crippen molar-refractivity contribution >= 4 is 23.9 Å². The summed E-state index contributed by atoms with van der Waals surface area (Å²) in [7, 11) is 1.35. The zero-order valence-electron chi connectivity index (χ0n) is 31.8. The lowest BCUT2D eigenvalue weighted by Gasteiger charge is -2.38. The highest BCUT2D eigenvalue weighted by molar-refractivity contribution is 5.89. The number of amides is 2. The Bertz CT molecular complexity index is 1580. The van der Waals surface area contributed by atoms with E-state index in [1.807, 2.05) is 91.5 Å². The van der Waals surface area contributed by atoms with Gasteiger partial charge in [-0.2, -0.15) is 10.4 Å². The first-order chi connectivity index (χ1) is 25.5. The van der Waals surface area contributed by atoms with Crippen LogP contribution in [-0.4, -0.2) is 81.9 Å². The molecule has 3 aromatic rings. The summed E-state index contributed by atoms with van der Waals surface area (Å²) in [6, 6.07) is 22.5. The number of ether oxygens (including phenoxy) is 3. The van der Waals surface area contributed by atoms with Crippen molar-refractivity contribution in [3.05, 3.63) is 89.2 Å². The number of esters is 1. The number of aromatic nitrogens is 2. The second kappa shape index (κ2) is 24.1. The summed E-state index contributed by atoms with van der Waals surface area (Å²) in [5.41, 5.74) is 3.83. The predicted molar refractivity (Wildman–Crippen MR) is 199 cm³/mol. The van der Waals surface area contributed by atoms with Gasteiger partial charge in [0.15, 0.2) is 5.78 Å². The van der Waals surface area contributed by atoms with E-state index in [-0.39, 0.29) is 49.4 Å². The van der Waals surface area contributed by atoms with Crippen molar-refractivity contribution in [1.82, 2.24) is 20.0 Å². The molecule has 2 fully saturated rings. The van der Waals surface area contributed by atoms with E-state index in [1.54, 1.807) is 6.92 Å². The number of rotatable bonds is 7. The van der Waals surface area contributed by atoms with Crippen molar-refractivity contribution < 1.29 is 38.5 Å². The number of aliphatic hydroxyl groups excluding tert-OH is 1. The first-order valence-corrected chi connectivity index (χ1v) is 18.0. The molecule has 0 spiro atoms. The summed E-state index contributed by atoms with van der Waals surface area (Å²) in [6.07, 6.45) is 2.91. The van der Waals surface area contributed by atoms with Crippen LogP contribution < -0.4 is 0 Å². The van der Waals surface area contributed by atoms with E-state index in [4.69, 9.17) is 19.8 Å². The second-order valence-electron chi connectivity index (χ2n) is 12.9. The molecule has 2 aromatic carbocycles. The van der Waals surface area contributed by atoms with Crippen molar-refractivity contribution in [2.75, 3.05) is 26.8 Å². The molecule has 288 valence electrons. The molecule has 13 nitrogen and oxygen atoms in total. The first-order valence-electron chi connectivity index (χ1n) is 18.0. The number of methoxy groups -OCH3 is 1. The summed E-state index contributed by atoms with van der Waals surface area (Å²) < 4.78 is 15.0. The maximum Gasteiger partial charge on any atom is 0.410 e. The smallest absolute Gasteiger partial charge is 0.410 e. The van der Waals surface area contributed by atoms with E-state index in [0.29, 0.717) is 25.6 Å². The number of carbonyl (C=O) groups excluding carboxylic acids is 4. The Morgan fingerprint density at radius 3 is 1.81 bits per heavy atom. The molecule has 2 saturated heterocycles. The van der Waals surface area contributed by atoms with E-state index < -0.39 is 12.1 Å². The molecule has 0 saturated carbocycles. The fourth-order valence-electron chi connectivity index (χ4n) is 6.11. The zero-order valence-corrected chi connectivity index (χ0v) is 31.8. The average Bonchev–Trinajstić information content (AvgIpc) is 3.59. The Labute approximate surface area is 313 Å². The predicted octanol–water partition coefficient (Wildman–Crippen LogP) is 6.91. The van der Waals surface area contributed by atoms with E-state index in [2.05, 4.69) is 21.9 Å². The van der Waals surface area contributed by atoms with Crippen molar-refractivity contribution in [2.24, 2.45) is 11.8 Å². The van der Waals surface area contributed by atoms with Gasteiger partial charge in [-0.1, -0.05) is 74.5 Å². The van der Waals surface area contributed by atoms with Crippen LogP contribution in [0.4, 0.5) is 9.59 Å². The average molecular weight is 734 g/mol. The third-order valence-corrected chi connectivity index (χ3v) is 8.65. The van der Waals surface area contributed by atoms with Crippen LogP contribution in [0.3, 0.4) is 0 Å². The van der Waals surface area contributed by atoms with E-state index in [1.165, 1.54) is 18.9 Å². The van der Waals surface area contributed by atoms with E-state index >= 15 is 0 Å². The molecule has 0 bridgehead atoms. The summed E-state index contributed by atoms with van der Waals surface area (Å²) in [4.78, 5) is 49.9. The van der Waals surface area contributed by atoms with Crippen LogP contribution in [0.5, 0.6) is 0 Å². The topological polar surface area (TPSA) is 175 Å². The van der Waals surface area contributed by atoms with Gasteiger partial charge in [0.05, 0.1) is 37.4 Å². The lowest BCUT2D eigenvalue weighted by Crippen LogP contribution is -2.52. The van der Waals surface area contributed by atoms with Crippen LogP contribution in [0.15, 0.2) is 66.7 Å². The van der Waals surface area contributed by atoms with Crippen LogP contribution in [0, 0.1) is 30.1 Å². The Morgan fingerprint density at radius 1 is 0.887 bits per heavy atom. The van der Waals surface area contributed by atoms with Gasteiger partial charge in [-0.05, 0) is 68.6 Å². The Morgan fingerprint density at radius 2 is 1.36 bits per heavy atom. The summed E-state index contributed by atoms with van der Waals surface area (Å²) in [5, 5.41) is 23.6. The lowest BCUT2D eigenvalue weighted by atomic mass is 9.87. The van der Waals surface area contributed by atoms with Crippen molar-refractivity contribution in [1.29, 1.82) is 5.26 Å². The van der Waals surface area contributed by atoms with Gasteiger partial charge < -0.3 is 19.3 Å². The molecule has 2 N–H and O–H groups in total. The first kappa shape index (κ1) is 43.9. The van der Waals surface area contributed by atoms with Crippen molar-refractivity contribution in [2.45, 2.75) is 92.0 Å². The van der Waals surface area contributed by atoms with E-state index in [0.717, 1.165) is 48.2 Å². The number of aryl methyl sites for hydroxylation is 1. The van der Waals surface area contributed by atoms with Crippen LogP contribution in [-0.2, 0) is 37.0 Å². The highest BCUT2D eigenvalue weighted by atomic mass is 16.6. The molecule has 0 radical (unpaired) electrons. The van der Waals surface area contributed by atoms with E-state index in [9.17, 15) is 19.2 Å². The highest BCUT2D eigenvalue weighted by Crippen LogP contribution is 2.35. The molecule has 1 aromatic heterocycles. The van der Waals surface area contributed by atoms with Crippen molar-refractivity contribution in [3.63, 3.8) is 0 Å². The number of H-pyrrole nitrogens is 1. The number of benzene rings is 2. The molecule has 4 atom stereocenters. The normalized spacial score (nSPS) is 18.9. The van der Waals surface area contributed by atoms with Gasteiger partial charge in [0.25, 0.3) is 0 Å². The standard InChI is InChI=1S/C18H23N3O2.C17H20N2O3.C3H6O2.C2H6O/c1-13-7-6-10-21(17(13)16-11-14(2)19-20-16)18(22)23-12-15-8-4-3-5-9-15;1-13-6-5-11-19(16(13)15(20)9-10-18)17(21)22-12-14-7-3-2-4-8-14;1-3(4)5-2;1-2-3/h3-5,8-9,11,13,17H,6-7,10,12H2,1-2H3,(H,19,20);2-4,7-8,13,16H,5-6,9,11-12H2,1H3;1-2H3;3H,2H2,1H3. The lowest BCUT2D eigenvalue weighted by molar-refractivity contribution is -0.138. The third kappa shape index (κ3) is 15.1. The van der Waals surface area contributed by atoms with Gasteiger partial charge in [0.2, 0.25) is 0 Å². The molecular formula is C40H55N5O8. The number of likely N-dealkylation sites (tertiary alicyclic amines) is 2. The van der Waals surface area contributed by atoms with Gasteiger partial charge in [-0.15, -0.1) is 0 Å². The maximum absolute atomic E-state index is 12.6. The second-order valence-corrected chi connectivity index (χ2v) is 12.9. The van der Waals surface area contributed by atoms with Crippen LogP contribution in [0.25, 0.3) is 0 Å². The SMILES string of the molecule is CC1CCCN(C(=O)OCc2ccccc2)C1C(=O)CC#N.CCO.COC(C)=O.Cc1cc(C2C(C)CCCN2C(=O)OCc2ccccc2)n[nH]1. The number of hydrogen-bond acceptors (Lipinski definition) is 10. The van der Waals surface area contributed by atoms with Gasteiger partial charge in [-0.3, -0.25) is 24.5 Å². The number of ketones is 1. The molecule has 5 rings (SSSR count). The molecule has 2 aliphatic rings. The molecule has 3 heterocycles. The monoisotopic (exact) mass is 733 g/mol. The number of nitrogens with zero attached hydrogens (tertiary/aromatic N) is 4. The van der Waals surface area contributed by atoms with Crippen LogP contribution in [0.1, 0.15) is 88.4 Å². The largest absolute Gasteiger partial charge is 0.469 e. The minimum atomic E-state index is -0.545. The number of aromatic amines is 1. The number of nitrogens with one attached hydrogen (secondary N) is 1. The minimum Gasteiger partial charge on any atom is -0.469 e. The summed E-state index contributed by atoms with van der Waals surface area (Å²) in [5.74, 6) is -0.0223. The van der Waals surface area contributed by atoms with Crippen LogP contribution in [0.2, 0.25) is 0 Å². The molecule has 2 amide bonds. The molecule has 2 aliphatic heterocycles. The number of Topliss-reactive ketones (excluding diaryl/α,β-unsaturated/α-hetero) is 1. The number of aliphatic hydroxyl groups is 1. The molecule has 53 heavy (non-hydrogen) atoms. The molecule has 0 aliphatic carbocycles. The number of piperidine rings is 2.